The molecule has 3 saturated heterocycles. The number of hydrogen-bond acceptors (Lipinski definition) is 30. The number of Topliss-reactive ketones (excluding diaryl/α,β-unsaturated/α-hetero) is 2. The zero-order chi connectivity index (χ0) is 101. The first-order valence-electron chi connectivity index (χ1n) is 48.1. The van der Waals surface area contributed by atoms with Gasteiger partial charge >= 0.3 is 0 Å². The topological polar surface area (TPSA) is 444 Å². The number of rotatable bonds is 24. The number of nitrogens with zero attached hydrogens (tertiary/aromatic N) is 23. The lowest BCUT2D eigenvalue weighted by atomic mass is 10.1. The summed E-state index contributed by atoms with van der Waals surface area (Å²) >= 11 is 18.6. The Morgan fingerprint density at radius 1 is 0.399 bits per heavy atom. The second kappa shape index (κ2) is 43.9. The molecule has 22 rings (SSSR count). The summed E-state index contributed by atoms with van der Waals surface area (Å²) in [5.74, 6) is 6.19. The number of aromatic nitrogens is 22. The number of primary amides is 1. The van der Waals surface area contributed by atoms with E-state index in [1.807, 2.05) is 143 Å². The highest BCUT2D eigenvalue weighted by Crippen LogP contribution is 2.47. The van der Waals surface area contributed by atoms with E-state index < -0.39 is 0 Å². The molecule has 143 heavy (non-hydrogen) atoms. The predicted octanol–water partition coefficient (Wildman–Crippen LogP) is 18.9. The molecule has 3 atom stereocenters. The smallest absolute Gasteiger partial charge is 0.220 e. The van der Waals surface area contributed by atoms with Crippen LogP contribution < -0.4 is 46.4 Å². The van der Waals surface area contributed by atoms with E-state index in [9.17, 15) is 14.4 Å². The molecule has 0 radical (unpaired) electrons. The maximum absolute atomic E-state index is 12.8. The molecule has 3 unspecified atom stereocenters. The second-order valence-corrected chi connectivity index (χ2v) is 37.8. The van der Waals surface area contributed by atoms with E-state index in [1.165, 1.54) is 4.80 Å². The SMILES string of the molecule is COc1c(N)cccc1-c1nn(C)nc1C.COc1c(Nc2cc(CC(=O)C3CC3)nc3c2N=C(C)C3)cccc1-c1nn(C)nc1C.COc1c(Nc2cc(CC(=O)C3CC3)nc3c2nc(C)n3C2CCCCO2)cccc1-c1nn(C)nc1C.COc1c(Nc2cc(Cl)nc3c2nc(C)n3C2CCCCO2)cccc1-c1nn(C)nc1C.Cc1nc2c(Cl)cc(Cl)nc2n1C1CCCCO1.NC(=O)C1CC1. The molecule has 15 heterocycles. The third-order valence-corrected chi connectivity index (χ3v) is 26.3. The summed E-state index contributed by atoms with van der Waals surface area (Å²) in [4.78, 5) is 78.9. The van der Waals surface area contributed by atoms with Crippen LogP contribution in [0.1, 0.15) is 179 Å². The monoisotopic (exact) mass is 2000 g/mol. The number of aliphatic imine (C=N–C) groups is 1. The normalized spacial score (nSPS) is 16.4. The van der Waals surface area contributed by atoms with E-state index in [1.54, 1.807) is 89.2 Å². The van der Waals surface area contributed by atoms with Gasteiger partial charge in [0, 0.05) is 119 Å². The fourth-order valence-corrected chi connectivity index (χ4v) is 19.2. The van der Waals surface area contributed by atoms with Crippen molar-refractivity contribution in [3.8, 4) is 68.0 Å². The van der Waals surface area contributed by atoms with Crippen LogP contribution in [-0.4, -0.2) is 180 Å². The summed E-state index contributed by atoms with van der Waals surface area (Å²) in [7, 11) is 13.7. The molecule has 4 aromatic carbocycles. The lowest BCUT2D eigenvalue weighted by molar-refractivity contribution is -0.120. The van der Waals surface area contributed by atoms with Crippen LogP contribution in [0, 0.1) is 66.2 Å². The van der Waals surface area contributed by atoms with Crippen molar-refractivity contribution in [2.24, 2.45) is 56.7 Å². The Labute approximate surface area is 842 Å². The highest BCUT2D eigenvalue weighted by atomic mass is 35.5. The van der Waals surface area contributed by atoms with E-state index in [4.69, 9.17) is 104 Å². The van der Waals surface area contributed by atoms with E-state index >= 15 is 0 Å². The highest BCUT2D eigenvalue weighted by Gasteiger charge is 2.35. The number of nitrogens with one attached hydrogen (secondary N) is 3. The fourth-order valence-electron chi connectivity index (χ4n) is 18.5. The Kier molecular flexibility index (Phi) is 30.9. The van der Waals surface area contributed by atoms with Crippen molar-refractivity contribution < 1.29 is 47.5 Å². The van der Waals surface area contributed by atoms with Gasteiger partial charge in [-0.1, -0.05) is 59.1 Å². The van der Waals surface area contributed by atoms with Crippen LogP contribution in [-0.2, 0) is 76.0 Å². The number of pyridine rings is 4. The van der Waals surface area contributed by atoms with Crippen molar-refractivity contribution in [2.45, 2.75) is 190 Å². The van der Waals surface area contributed by atoms with Crippen molar-refractivity contribution in [3.63, 3.8) is 0 Å². The summed E-state index contributed by atoms with van der Waals surface area (Å²) < 4.78 is 46.8. The van der Waals surface area contributed by atoms with Gasteiger partial charge in [0.05, 0.1) is 113 Å². The number of ketones is 2. The number of hydrogen-bond donors (Lipinski definition) is 5. The van der Waals surface area contributed by atoms with Gasteiger partial charge in [0.1, 0.15) is 103 Å². The van der Waals surface area contributed by atoms with Crippen LogP contribution in [0.3, 0.4) is 0 Å². The molecule has 4 aliphatic heterocycles. The second-order valence-electron chi connectivity index (χ2n) is 36.6. The highest BCUT2D eigenvalue weighted by molar-refractivity contribution is 6.37. The molecule has 41 heteroatoms. The van der Waals surface area contributed by atoms with Gasteiger partial charge in [-0.25, -0.2) is 29.9 Å². The van der Waals surface area contributed by atoms with Crippen LogP contribution in [0.4, 0.5) is 45.5 Å². The molecular formula is C102H119Cl3N28O10. The minimum Gasteiger partial charge on any atom is -0.494 e. The maximum Gasteiger partial charge on any atom is 0.220 e. The molecule has 3 saturated carbocycles. The standard InChI is InChI=1S/C28H33N7O3.C24H26N6O2.C23H26ClN7O2.C12H13Cl2N3O.C11H14N4O.C4H7NO/c1-16-25(33-34(3)32-16)20-8-7-9-21(27(20)37-4)31-22-14-19(15-23(36)18-11-12-18)30-28-26(22)29-17(2)35(28)24-10-5-6-13-38-24;1-13-10-19-23(25-13)20(11-16(26-19)12-21(31)15-8-9-15)27-18-7-5-6-17(24(18)32-4)22-14(2)28-30(3)29-22;1-13-20(29-30(3)28-13)15-8-7-9-16(22(15)32-4)26-17-12-18(24)27-23-21(17)25-14(2)31(23)19-10-5-6-11-33-19;1-7-15-11-8(13)6-9(14)16-12(11)17(7)10-4-2-3-5-18-10;1-7-10(14-15(2)13-7)8-5-4-6-9(12)11(8)16-3;5-4(6)3-1-2-3/h7-9,14,18,24H,5-6,10-13,15H2,1-4H3,(H,30,31);5-7,11,15H,8-10,12H2,1-4H3,(H,26,27);7-9,12,19H,5-6,10-11H2,1-4H3,(H,26,27);6,10H,2-5H2,1H3;4-6H,12H2,1-3H3;3H,1-2H2,(H2,5,6). The van der Waals surface area contributed by atoms with Gasteiger partial charge in [0.2, 0.25) is 5.91 Å². The molecule has 748 valence electrons. The number of benzene rings is 4. The predicted molar refractivity (Wildman–Crippen MR) is 549 cm³/mol. The Morgan fingerprint density at radius 2 is 0.748 bits per heavy atom. The van der Waals surface area contributed by atoms with Crippen molar-refractivity contribution in [1.82, 2.24) is 109 Å². The molecule has 7 aliphatic rings. The van der Waals surface area contributed by atoms with Crippen LogP contribution in [0.15, 0.2) is 102 Å². The maximum atomic E-state index is 12.8. The molecule has 6 fully saturated rings. The van der Waals surface area contributed by atoms with Crippen molar-refractivity contribution in [3.05, 3.63) is 170 Å². The number of aryl methyl sites for hydroxylation is 11. The van der Waals surface area contributed by atoms with Crippen LogP contribution in [0.2, 0.25) is 15.3 Å². The summed E-state index contributed by atoms with van der Waals surface area (Å²) in [6.45, 7) is 17.8. The summed E-state index contributed by atoms with van der Waals surface area (Å²) in [6, 6.07) is 30.5. The number of carbonyl (C=O) groups excluding carboxylic acids is 3. The van der Waals surface area contributed by atoms with Gasteiger partial charge in [-0.2, -0.15) is 60.0 Å². The number of anilines is 7. The minimum atomic E-state index is -0.130. The average molecular weight is 2000 g/mol. The molecule has 3 aliphatic carbocycles. The van der Waals surface area contributed by atoms with Gasteiger partial charge in [0.25, 0.3) is 0 Å². The quantitative estimate of drug-likeness (QED) is 0.0277. The molecule has 15 aromatic rings. The Hall–Kier alpha value is -13.9. The fraction of sp³-hybridized carbons (Fsp3) is 0.422. The lowest BCUT2D eigenvalue weighted by Crippen LogP contribution is -2.19. The van der Waals surface area contributed by atoms with Gasteiger partial charge in [0.15, 0.2) is 39.9 Å². The van der Waals surface area contributed by atoms with Gasteiger partial charge in [-0.05, 0) is 218 Å². The number of nitrogens with two attached hydrogens (primary N) is 2. The summed E-state index contributed by atoms with van der Waals surface area (Å²) in [6.07, 6.45) is 16.6. The van der Waals surface area contributed by atoms with E-state index in [-0.39, 0.29) is 53.9 Å². The molecule has 38 nitrogen and oxygen atoms in total. The van der Waals surface area contributed by atoms with E-state index in [2.05, 4.69) is 76.3 Å². The zero-order valence-electron chi connectivity index (χ0n) is 83.2. The molecule has 0 spiro atoms. The number of para-hydroxylation sites is 4. The van der Waals surface area contributed by atoms with Crippen LogP contribution in [0.5, 0.6) is 23.0 Å². The number of ether oxygens (including phenoxy) is 7. The first-order chi connectivity index (χ1) is 68.9. The first kappa shape index (κ1) is 101. The zero-order valence-corrected chi connectivity index (χ0v) is 85.5. The number of amides is 1. The third-order valence-electron chi connectivity index (χ3n) is 25.6. The Balaban J connectivity index is 0.000000124. The third kappa shape index (κ3) is 22.8. The Morgan fingerprint density at radius 3 is 1.11 bits per heavy atom. The van der Waals surface area contributed by atoms with E-state index in [0.717, 1.165) is 281 Å². The molecule has 0 bridgehead atoms. The Bertz CT molecular complexity index is 7290. The van der Waals surface area contributed by atoms with E-state index in [0.29, 0.717) is 80.1 Å². The molecular weight excluding hydrogens is 1880 g/mol. The largest absolute Gasteiger partial charge is 0.494 e. The summed E-state index contributed by atoms with van der Waals surface area (Å²) in [5, 5.41) is 47.0. The molecule has 1 amide bonds. The van der Waals surface area contributed by atoms with Gasteiger partial charge in [-0.3, -0.25) is 38.1 Å². The van der Waals surface area contributed by atoms with Crippen LogP contribution >= 0.6 is 34.8 Å². The first-order valence-corrected chi connectivity index (χ1v) is 49.2. The van der Waals surface area contributed by atoms with Crippen molar-refractivity contribution in [1.29, 1.82) is 0 Å². The van der Waals surface area contributed by atoms with Crippen molar-refractivity contribution in [2.75, 3.05) is 69.9 Å². The van der Waals surface area contributed by atoms with Crippen molar-refractivity contribution >= 4 is 137 Å². The molecule has 11 aromatic heterocycles. The average Bonchev–Trinajstić information content (AvgIpc) is 1.63. The van der Waals surface area contributed by atoms with Gasteiger partial charge in [-0.15, -0.1) is 0 Å². The number of imidazole rings is 3. The lowest BCUT2D eigenvalue weighted by Gasteiger charge is -2.25. The number of halogens is 3. The molecule has 7 N–H and O–H groups in total. The number of fused-ring (bicyclic) bond motifs is 4. The number of nitrogen functional groups attached to an aromatic ring is 1. The number of carbonyl (C=O) groups is 3. The van der Waals surface area contributed by atoms with Crippen LogP contribution in [0.25, 0.3) is 78.5 Å². The summed E-state index contributed by atoms with van der Waals surface area (Å²) in [5.41, 5.74) is 34.4. The number of methoxy groups -OCH3 is 4. The van der Waals surface area contributed by atoms with Gasteiger partial charge < -0.3 is 60.6 Å². The minimum absolute atomic E-state index is 0.00853.